The number of fused-ring (bicyclic) bond motifs is 2. The smallest absolute Gasteiger partial charge is 0.245 e. The van der Waals surface area contributed by atoms with Crippen LogP contribution in [0.4, 0.5) is 5.69 Å². The lowest BCUT2D eigenvalue weighted by Gasteiger charge is -2.47. The third kappa shape index (κ3) is 3.87. The molecule has 7 rings (SSSR count). The highest BCUT2D eigenvalue weighted by Crippen LogP contribution is 2.48. The summed E-state index contributed by atoms with van der Waals surface area (Å²) in [6.45, 7) is 10.1. The van der Waals surface area contributed by atoms with Gasteiger partial charge in [-0.3, -0.25) is 15.6 Å². The second kappa shape index (κ2) is 9.22. The van der Waals surface area contributed by atoms with Crippen LogP contribution in [-0.2, 0) is 4.79 Å². The van der Waals surface area contributed by atoms with E-state index in [1.54, 1.807) is 0 Å². The lowest BCUT2D eigenvalue weighted by molar-refractivity contribution is -0.136. The van der Waals surface area contributed by atoms with E-state index in [0.29, 0.717) is 17.9 Å². The second-order valence-corrected chi connectivity index (χ2v) is 12.1. The fourth-order valence-corrected chi connectivity index (χ4v) is 7.77. The molecule has 3 saturated heterocycles. The van der Waals surface area contributed by atoms with E-state index < -0.39 is 0 Å². The van der Waals surface area contributed by atoms with E-state index in [9.17, 15) is 10.1 Å². The molecule has 1 saturated carbocycles. The third-order valence-corrected chi connectivity index (χ3v) is 9.74. The SMILES string of the molecule is C=CC(=O)N1CC2(CCN(c3cn4cc(-c5ccccc5)nc4c(C4C(C)CCC5NNCC54)c3C#N)C2)C1. The molecule has 4 atom stereocenters. The second-order valence-electron chi connectivity index (χ2n) is 12.1. The topological polar surface area (TPSA) is 88.7 Å². The first-order valence-corrected chi connectivity index (χ1v) is 14.2. The van der Waals surface area contributed by atoms with E-state index in [2.05, 4.69) is 64.3 Å². The number of nitrogens with one attached hydrogen (secondary N) is 2. The van der Waals surface area contributed by atoms with E-state index in [-0.39, 0.29) is 17.2 Å². The largest absolute Gasteiger partial charge is 0.369 e. The van der Waals surface area contributed by atoms with Crippen LogP contribution in [0.5, 0.6) is 0 Å². The summed E-state index contributed by atoms with van der Waals surface area (Å²) >= 11 is 0. The number of hydrogen-bond acceptors (Lipinski definition) is 6. The monoisotopic (exact) mass is 521 g/mol. The first kappa shape index (κ1) is 24.4. The summed E-state index contributed by atoms with van der Waals surface area (Å²) in [5, 5.41) is 10.7. The summed E-state index contributed by atoms with van der Waals surface area (Å²) < 4.78 is 2.17. The fourth-order valence-electron chi connectivity index (χ4n) is 7.77. The van der Waals surface area contributed by atoms with E-state index in [1.165, 1.54) is 6.08 Å². The average molecular weight is 522 g/mol. The van der Waals surface area contributed by atoms with Gasteiger partial charge in [0.15, 0.2) is 0 Å². The highest BCUT2D eigenvalue weighted by Gasteiger charge is 2.50. The molecule has 0 radical (unpaired) electrons. The van der Waals surface area contributed by atoms with Crippen molar-refractivity contribution in [2.75, 3.05) is 37.6 Å². The van der Waals surface area contributed by atoms with Crippen molar-refractivity contribution in [3.8, 4) is 17.3 Å². The number of carbonyl (C=O) groups is 1. The Labute approximate surface area is 229 Å². The van der Waals surface area contributed by atoms with E-state index in [4.69, 9.17) is 4.98 Å². The van der Waals surface area contributed by atoms with Gasteiger partial charge < -0.3 is 14.2 Å². The minimum atomic E-state index is 0.00646. The molecule has 4 aliphatic rings. The van der Waals surface area contributed by atoms with Crippen molar-refractivity contribution in [3.63, 3.8) is 0 Å². The minimum absolute atomic E-state index is 0.00646. The molecule has 5 heterocycles. The zero-order valence-electron chi connectivity index (χ0n) is 22.4. The van der Waals surface area contributed by atoms with E-state index in [1.807, 2.05) is 23.1 Å². The van der Waals surface area contributed by atoms with Crippen molar-refractivity contribution < 1.29 is 4.79 Å². The molecule has 200 valence electrons. The fraction of sp³-hybridized carbons (Fsp3) is 0.452. The Morgan fingerprint density at radius 1 is 1.21 bits per heavy atom. The number of likely N-dealkylation sites (tertiary alicyclic amines) is 1. The molecule has 1 aliphatic carbocycles. The number of hydrazine groups is 1. The Kier molecular flexibility index (Phi) is 5.76. The maximum atomic E-state index is 12.1. The van der Waals surface area contributed by atoms with E-state index in [0.717, 1.165) is 85.7 Å². The molecule has 1 spiro atoms. The number of benzene rings is 1. The molecule has 1 aromatic carbocycles. The number of pyridine rings is 1. The number of hydrogen-bond donors (Lipinski definition) is 2. The quantitative estimate of drug-likeness (QED) is 0.509. The maximum absolute atomic E-state index is 12.1. The highest BCUT2D eigenvalue weighted by atomic mass is 16.2. The molecular formula is C31H35N7O. The number of rotatable bonds is 4. The van der Waals surface area contributed by atoms with Crippen LogP contribution < -0.4 is 15.8 Å². The molecule has 39 heavy (non-hydrogen) atoms. The Bertz CT molecular complexity index is 1480. The van der Waals surface area contributed by atoms with Gasteiger partial charge in [0.1, 0.15) is 11.7 Å². The highest BCUT2D eigenvalue weighted by molar-refractivity contribution is 5.88. The lowest BCUT2D eigenvalue weighted by atomic mass is 9.67. The molecule has 0 bridgehead atoms. The molecule has 8 heteroatoms. The normalized spacial score (nSPS) is 27.4. The Hall–Kier alpha value is -3.67. The van der Waals surface area contributed by atoms with Gasteiger partial charge in [-0.15, -0.1) is 0 Å². The summed E-state index contributed by atoms with van der Waals surface area (Å²) in [7, 11) is 0. The molecule has 2 aromatic heterocycles. The molecule has 3 aromatic rings. The van der Waals surface area contributed by atoms with Gasteiger partial charge in [-0.05, 0) is 43.1 Å². The van der Waals surface area contributed by atoms with Crippen LogP contribution in [0.3, 0.4) is 0 Å². The van der Waals surface area contributed by atoms with Gasteiger partial charge in [0.05, 0.1) is 16.9 Å². The number of aromatic nitrogens is 2. The average Bonchev–Trinajstić information content (AvgIpc) is 3.69. The van der Waals surface area contributed by atoms with Crippen molar-refractivity contribution in [1.82, 2.24) is 25.1 Å². The van der Waals surface area contributed by atoms with Crippen molar-refractivity contribution in [3.05, 3.63) is 66.5 Å². The molecule has 3 aliphatic heterocycles. The molecular weight excluding hydrogens is 486 g/mol. The summed E-state index contributed by atoms with van der Waals surface area (Å²) in [5.41, 5.74) is 12.8. The lowest BCUT2D eigenvalue weighted by Crippen LogP contribution is -2.59. The zero-order valence-corrected chi connectivity index (χ0v) is 22.4. The van der Waals surface area contributed by atoms with Gasteiger partial charge in [0.25, 0.3) is 0 Å². The number of carbonyl (C=O) groups excluding carboxylic acids is 1. The summed E-state index contributed by atoms with van der Waals surface area (Å²) in [6, 6.07) is 13.4. The van der Waals surface area contributed by atoms with Gasteiger partial charge >= 0.3 is 0 Å². The number of amides is 1. The Morgan fingerprint density at radius 2 is 2.03 bits per heavy atom. The molecule has 8 nitrogen and oxygen atoms in total. The molecule has 2 N–H and O–H groups in total. The summed E-state index contributed by atoms with van der Waals surface area (Å²) in [4.78, 5) is 21.6. The zero-order chi connectivity index (χ0) is 26.7. The van der Waals surface area contributed by atoms with Gasteiger partial charge in [0, 0.05) is 67.7 Å². The summed E-state index contributed by atoms with van der Waals surface area (Å²) in [6.07, 6.45) is 8.93. The predicted octanol–water partition coefficient (Wildman–Crippen LogP) is 3.70. The number of nitriles is 1. The van der Waals surface area contributed by atoms with Crippen LogP contribution >= 0.6 is 0 Å². The number of nitrogens with zero attached hydrogens (tertiary/aromatic N) is 5. The van der Waals surface area contributed by atoms with Crippen molar-refractivity contribution in [1.29, 1.82) is 5.26 Å². The summed E-state index contributed by atoms with van der Waals surface area (Å²) in [5.74, 6) is 1.10. The molecule has 4 fully saturated rings. The van der Waals surface area contributed by atoms with Crippen LogP contribution in [0.15, 0.2) is 55.4 Å². The first-order valence-electron chi connectivity index (χ1n) is 14.2. The standard InChI is InChI=1S/C31H35N7O/c1-3-27(39)38-18-31(19-38)11-12-36(17-31)26-16-37-15-25(21-7-5-4-6-8-21)34-30(37)29(22(26)13-32)28-20(2)9-10-24-23(28)14-33-35-24/h3-8,15-16,20,23-24,28,33,35H,1,9-12,14,17-19H2,2H3. The van der Waals surface area contributed by atoms with Crippen molar-refractivity contribution >= 4 is 17.2 Å². The van der Waals surface area contributed by atoms with Gasteiger partial charge in [-0.25, -0.2) is 4.98 Å². The molecule has 1 amide bonds. The van der Waals surface area contributed by atoms with Gasteiger partial charge in [-0.1, -0.05) is 43.8 Å². The Balaban J connectivity index is 1.35. The first-order chi connectivity index (χ1) is 19.0. The number of imidazole rings is 1. The molecule has 4 unspecified atom stereocenters. The van der Waals surface area contributed by atoms with Gasteiger partial charge in [0.2, 0.25) is 5.91 Å². The van der Waals surface area contributed by atoms with E-state index >= 15 is 0 Å². The van der Waals surface area contributed by atoms with Crippen LogP contribution in [0.1, 0.15) is 43.2 Å². The van der Waals surface area contributed by atoms with Crippen molar-refractivity contribution in [2.45, 2.75) is 38.1 Å². The maximum Gasteiger partial charge on any atom is 0.245 e. The van der Waals surface area contributed by atoms with Crippen LogP contribution in [-0.4, -0.2) is 59.0 Å². The predicted molar refractivity (Wildman–Crippen MR) is 151 cm³/mol. The number of anilines is 1. The minimum Gasteiger partial charge on any atom is -0.369 e. The third-order valence-electron chi connectivity index (χ3n) is 9.74. The van der Waals surface area contributed by atoms with Gasteiger partial charge in [-0.2, -0.15) is 5.26 Å². The van der Waals surface area contributed by atoms with Crippen LogP contribution in [0.25, 0.3) is 16.9 Å². The van der Waals surface area contributed by atoms with Crippen molar-refractivity contribution in [2.24, 2.45) is 17.3 Å². The van der Waals surface area contributed by atoms with Crippen LogP contribution in [0.2, 0.25) is 0 Å². The van der Waals surface area contributed by atoms with Crippen LogP contribution in [0, 0.1) is 28.6 Å². The Morgan fingerprint density at radius 3 is 2.79 bits per heavy atom.